The Bertz CT molecular complexity index is 755. The maximum absolute atomic E-state index is 12.4. The molecule has 0 aliphatic rings. The van der Waals surface area contributed by atoms with E-state index in [0.717, 1.165) is 0 Å². The van der Waals surface area contributed by atoms with Crippen LogP contribution in [0.5, 0.6) is 0 Å². The molecular weight excluding hydrogens is 298 g/mol. The molecule has 2 atom stereocenters. The summed E-state index contributed by atoms with van der Waals surface area (Å²) in [5.41, 5.74) is 0.353. The Labute approximate surface area is 121 Å². The molecule has 114 valence electrons. The summed E-state index contributed by atoms with van der Waals surface area (Å²) in [6.07, 6.45) is 0.523. The third-order valence-corrected chi connectivity index (χ3v) is 4.77. The molecule has 0 fully saturated rings. The van der Waals surface area contributed by atoms with Gasteiger partial charge in [0, 0.05) is 0 Å². The van der Waals surface area contributed by atoms with Gasteiger partial charge in [-0.05, 0) is 28.4 Å². The average Bonchev–Trinajstić information content (AvgIpc) is 2.91. The SMILES string of the molecule is CC[C@H](C)[C@H](NS(=O)(=O)c1cccc2nonc12)C(=O)O. The molecule has 0 saturated heterocycles. The van der Waals surface area contributed by atoms with Crippen molar-refractivity contribution >= 4 is 27.0 Å². The summed E-state index contributed by atoms with van der Waals surface area (Å²) < 4.78 is 31.5. The van der Waals surface area contributed by atoms with Gasteiger partial charge >= 0.3 is 5.97 Å². The summed E-state index contributed by atoms with van der Waals surface area (Å²) in [6.45, 7) is 3.46. The second kappa shape index (κ2) is 5.78. The molecule has 8 nitrogen and oxygen atoms in total. The van der Waals surface area contributed by atoms with Crippen LogP contribution < -0.4 is 4.72 Å². The zero-order chi connectivity index (χ0) is 15.6. The van der Waals surface area contributed by atoms with Crippen LogP contribution in [0.15, 0.2) is 27.7 Å². The lowest BCUT2D eigenvalue weighted by Crippen LogP contribution is -2.44. The Hall–Kier alpha value is -2.00. The predicted molar refractivity (Wildman–Crippen MR) is 73.0 cm³/mol. The van der Waals surface area contributed by atoms with E-state index in [1.807, 2.05) is 0 Å². The highest BCUT2D eigenvalue weighted by atomic mass is 32.2. The minimum Gasteiger partial charge on any atom is -0.480 e. The lowest BCUT2D eigenvalue weighted by atomic mass is 10.0. The van der Waals surface area contributed by atoms with Crippen molar-refractivity contribution in [2.75, 3.05) is 0 Å². The highest BCUT2D eigenvalue weighted by Crippen LogP contribution is 2.21. The molecule has 9 heteroatoms. The Balaban J connectivity index is 2.42. The topological polar surface area (TPSA) is 122 Å². The first-order valence-corrected chi connectivity index (χ1v) is 7.81. The fourth-order valence-electron chi connectivity index (χ4n) is 1.87. The molecule has 0 aliphatic carbocycles. The molecule has 0 radical (unpaired) electrons. The molecule has 21 heavy (non-hydrogen) atoms. The van der Waals surface area contributed by atoms with E-state index >= 15 is 0 Å². The van der Waals surface area contributed by atoms with Gasteiger partial charge in [0.15, 0.2) is 5.52 Å². The van der Waals surface area contributed by atoms with Gasteiger partial charge in [0.25, 0.3) is 0 Å². The van der Waals surface area contributed by atoms with E-state index in [4.69, 9.17) is 0 Å². The number of fused-ring (bicyclic) bond motifs is 1. The Morgan fingerprint density at radius 1 is 1.43 bits per heavy atom. The third kappa shape index (κ3) is 3.03. The molecule has 1 heterocycles. The van der Waals surface area contributed by atoms with Crippen LogP contribution in [0.4, 0.5) is 0 Å². The van der Waals surface area contributed by atoms with Crippen molar-refractivity contribution in [1.29, 1.82) is 0 Å². The molecule has 0 amide bonds. The molecule has 0 saturated carbocycles. The van der Waals surface area contributed by atoms with Crippen LogP contribution in [0.3, 0.4) is 0 Å². The minimum atomic E-state index is -4.05. The normalized spacial score (nSPS) is 15.0. The second-order valence-electron chi connectivity index (χ2n) is 4.71. The first-order valence-electron chi connectivity index (χ1n) is 6.33. The predicted octanol–water partition coefficient (Wildman–Crippen LogP) is 1.00. The van der Waals surface area contributed by atoms with Crippen molar-refractivity contribution in [2.24, 2.45) is 5.92 Å². The number of hydrogen-bond donors (Lipinski definition) is 2. The van der Waals surface area contributed by atoms with Gasteiger partial charge in [0.1, 0.15) is 16.5 Å². The van der Waals surface area contributed by atoms with Crippen LogP contribution in [0.1, 0.15) is 20.3 Å². The highest BCUT2D eigenvalue weighted by Gasteiger charge is 2.30. The number of nitrogens with one attached hydrogen (secondary N) is 1. The van der Waals surface area contributed by atoms with Gasteiger partial charge in [-0.15, -0.1) is 0 Å². The Kier molecular flexibility index (Phi) is 4.24. The second-order valence-corrected chi connectivity index (χ2v) is 6.39. The summed E-state index contributed by atoms with van der Waals surface area (Å²) >= 11 is 0. The van der Waals surface area contributed by atoms with Crippen LogP contribution in [0, 0.1) is 5.92 Å². The van der Waals surface area contributed by atoms with Crippen LogP contribution in [-0.2, 0) is 14.8 Å². The summed E-state index contributed by atoms with van der Waals surface area (Å²) in [6, 6.07) is 3.15. The van der Waals surface area contributed by atoms with Crippen molar-refractivity contribution in [3.63, 3.8) is 0 Å². The Morgan fingerprint density at radius 3 is 2.76 bits per heavy atom. The smallest absolute Gasteiger partial charge is 0.322 e. The van der Waals surface area contributed by atoms with Gasteiger partial charge in [0.05, 0.1) is 0 Å². The standard InChI is InChI=1S/C12H15N3O5S/c1-3-7(2)10(12(16)17)15-21(18,19)9-6-4-5-8-11(9)14-20-13-8/h4-7,10,15H,3H2,1-2H3,(H,16,17)/t7-,10-/m0/s1. The van der Waals surface area contributed by atoms with Crippen LogP contribution in [0.2, 0.25) is 0 Å². The van der Waals surface area contributed by atoms with Crippen molar-refractivity contribution in [3.05, 3.63) is 18.2 Å². The Morgan fingerprint density at radius 2 is 2.14 bits per heavy atom. The number of nitrogens with zero attached hydrogens (tertiary/aromatic N) is 2. The average molecular weight is 313 g/mol. The van der Waals surface area contributed by atoms with Crippen molar-refractivity contribution in [1.82, 2.24) is 15.0 Å². The molecule has 0 spiro atoms. The first kappa shape index (κ1) is 15.4. The van der Waals surface area contributed by atoms with Crippen molar-refractivity contribution in [2.45, 2.75) is 31.2 Å². The van der Waals surface area contributed by atoms with E-state index in [0.29, 0.717) is 6.42 Å². The van der Waals surface area contributed by atoms with E-state index in [2.05, 4.69) is 19.7 Å². The summed E-state index contributed by atoms with van der Waals surface area (Å²) in [5, 5.41) is 16.3. The zero-order valence-corrected chi connectivity index (χ0v) is 12.3. The quantitative estimate of drug-likeness (QED) is 0.815. The molecule has 1 aromatic carbocycles. The molecule has 2 aromatic rings. The highest BCUT2D eigenvalue weighted by molar-refractivity contribution is 7.89. The van der Waals surface area contributed by atoms with E-state index in [1.54, 1.807) is 19.9 Å². The van der Waals surface area contributed by atoms with Crippen LogP contribution in [-0.4, -0.2) is 35.8 Å². The number of carboxylic acids is 1. The number of rotatable bonds is 6. The van der Waals surface area contributed by atoms with Gasteiger partial charge in [-0.25, -0.2) is 13.0 Å². The third-order valence-electron chi connectivity index (χ3n) is 3.30. The van der Waals surface area contributed by atoms with E-state index in [1.165, 1.54) is 12.1 Å². The van der Waals surface area contributed by atoms with E-state index in [-0.39, 0.29) is 21.8 Å². The monoisotopic (exact) mass is 313 g/mol. The number of sulfonamides is 1. The van der Waals surface area contributed by atoms with E-state index < -0.39 is 22.0 Å². The maximum atomic E-state index is 12.4. The van der Waals surface area contributed by atoms with Crippen LogP contribution >= 0.6 is 0 Å². The molecule has 0 bridgehead atoms. The minimum absolute atomic E-state index is 0.0679. The number of carboxylic acid groups (broad SMARTS) is 1. The van der Waals surface area contributed by atoms with Gasteiger partial charge in [-0.3, -0.25) is 4.79 Å². The van der Waals surface area contributed by atoms with Gasteiger partial charge in [0.2, 0.25) is 10.0 Å². The molecular formula is C12H15N3O5S. The molecule has 0 unspecified atom stereocenters. The number of hydrogen-bond acceptors (Lipinski definition) is 6. The first-order chi connectivity index (χ1) is 9.86. The number of benzene rings is 1. The molecule has 2 rings (SSSR count). The molecule has 0 aliphatic heterocycles. The fourth-order valence-corrected chi connectivity index (χ4v) is 3.32. The van der Waals surface area contributed by atoms with Crippen LogP contribution in [0.25, 0.3) is 11.0 Å². The lowest BCUT2D eigenvalue weighted by Gasteiger charge is -2.20. The number of carbonyl (C=O) groups is 1. The zero-order valence-electron chi connectivity index (χ0n) is 11.5. The van der Waals surface area contributed by atoms with Gasteiger partial charge in [-0.1, -0.05) is 26.3 Å². The lowest BCUT2D eigenvalue weighted by molar-refractivity contribution is -0.140. The number of aromatic nitrogens is 2. The van der Waals surface area contributed by atoms with Crippen molar-refractivity contribution in [3.8, 4) is 0 Å². The summed E-state index contributed by atoms with van der Waals surface area (Å²) in [7, 11) is -4.05. The van der Waals surface area contributed by atoms with E-state index in [9.17, 15) is 18.3 Å². The molecule has 2 N–H and O–H groups in total. The van der Waals surface area contributed by atoms with Crippen molar-refractivity contribution < 1.29 is 22.9 Å². The maximum Gasteiger partial charge on any atom is 0.322 e. The van der Waals surface area contributed by atoms with Gasteiger partial charge < -0.3 is 5.11 Å². The molecule has 1 aromatic heterocycles. The fraction of sp³-hybridized carbons (Fsp3) is 0.417. The number of aliphatic carboxylic acids is 1. The summed E-state index contributed by atoms with van der Waals surface area (Å²) in [4.78, 5) is 11.1. The summed E-state index contributed by atoms with van der Waals surface area (Å²) in [5.74, 6) is -1.58. The largest absolute Gasteiger partial charge is 0.480 e. The van der Waals surface area contributed by atoms with Gasteiger partial charge in [-0.2, -0.15) is 4.72 Å².